The summed E-state index contributed by atoms with van der Waals surface area (Å²) in [6.07, 6.45) is -5.24. The van der Waals surface area contributed by atoms with Crippen LogP contribution >= 0.6 is 34.8 Å². The molecule has 1 aromatic rings. The molecule has 1 aliphatic heterocycles. The van der Waals surface area contributed by atoms with Gasteiger partial charge in [-0.2, -0.15) is 0 Å². The molecule has 2 rings (SSSR count). The van der Waals surface area contributed by atoms with E-state index in [1.54, 1.807) is 6.92 Å². The van der Waals surface area contributed by atoms with Gasteiger partial charge in [-0.1, -0.05) is 71.2 Å². The van der Waals surface area contributed by atoms with E-state index in [4.69, 9.17) is 63.2 Å². The van der Waals surface area contributed by atoms with Gasteiger partial charge in [-0.25, -0.2) is 9.59 Å². The zero-order valence-corrected chi connectivity index (χ0v) is 22.8. The Morgan fingerprint density at radius 1 is 1.24 bits per heavy atom. The summed E-state index contributed by atoms with van der Waals surface area (Å²) >= 11 is 16.9. The lowest BCUT2D eigenvalue weighted by Gasteiger charge is -2.44. The highest BCUT2D eigenvalue weighted by Crippen LogP contribution is 2.28. The second-order valence-electron chi connectivity index (χ2n) is 8.01. The van der Waals surface area contributed by atoms with Gasteiger partial charge in [0, 0.05) is 0 Å². The molecule has 13 heteroatoms. The van der Waals surface area contributed by atoms with Crippen molar-refractivity contribution in [3.05, 3.63) is 48.6 Å². The number of aliphatic hydroxyl groups is 1. The summed E-state index contributed by atoms with van der Waals surface area (Å²) in [6.45, 7) is 6.58. The van der Waals surface area contributed by atoms with E-state index in [1.807, 2.05) is 30.3 Å². The van der Waals surface area contributed by atoms with Gasteiger partial charge >= 0.3 is 12.1 Å². The van der Waals surface area contributed by atoms with Crippen LogP contribution in [0.15, 0.2) is 43.0 Å². The maximum atomic E-state index is 12.5. The molecule has 1 amide bonds. The third-order valence-corrected chi connectivity index (χ3v) is 5.40. The zero-order chi connectivity index (χ0) is 27.4. The number of hydrogen-bond donors (Lipinski definition) is 2. The van der Waals surface area contributed by atoms with Crippen molar-refractivity contribution in [2.45, 2.75) is 61.0 Å². The molecule has 1 saturated heterocycles. The van der Waals surface area contributed by atoms with Crippen LogP contribution in [0.1, 0.15) is 19.4 Å². The summed E-state index contributed by atoms with van der Waals surface area (Å²) in [6, 6.07) is 8.29. The van der Waals surface area contributed by atoms with Crippen molar-refractivity contribution in [2.24, 2.45) is 0 Å². The lowest BCUT2D eigenvalue weighted by molar-refractivity contribution is -0.281. The number of alkyl halides is 3. The van der Waals surface area contributed by atoms with E-state index in [0.717, 1.165) is 5.56 Å². The first-order chi connectivity index (χ1) is 17.6. The minimum absolute atomic E-state index is 0.0396. The number of carbonyl (C=O) groups excluding carboxylic acids is 2. The summed E-state index contributed by atoms with van der Waals surface area (Å²) in [7, 11) is 0. The number of alkyl carbamates (subject to hydrolysis) is 1. The van der Waals surface area contributed by atoms with Crippen LogP contribution in [-0.2, 0) is 39.8 Å². The number of halogens is 3. The van der Waals surface area contributed by atoms with Crippen LogP contribution in [0.25, 0.3) is 0 Å². The molecule has 0 saturated carbocycles. The highest BCUT2D eigenvalue weighted by atomic mass is 35.6. The Labute approximate surface area is 231 Å². The van der Waals surface area contributed by atoms with E-state index in [9.17, 15) is 14.7 Å². The van der Waals surface area contributed by atoms with Crippen LogP contribution in [0.5, 0.6) is 0 Å². The topological polar surface area (TPSA) is 122 Å². The fourth-order valence-corrected chi connectivity index (χ4v) is 3.58. The first-order valence-corrected chi connectivity index (χ1v) is 12.7. The molecule has 1 aromatic carbocycles. The molecule has 0 radical (unpaired) electrons. The molecule has 0 aromatic heterocycles. The summed E-state index contributed by atoms with van der Waals surface area (Å²) in [5, 5.41) is 13.7. The van der Waals surface area contributed by atoms with Crippen molar-refractivity contribution >= 4 is 46.9 Å². The van der Waals surface area contributed by atoms with Crippen LogP contribution in [0.4, 0.5) is 4.79 Å². The molecule has 0 aliphatic carbocycles. The van der Waals surface area contributed by atoms with Crippen molar-refractivity contribution < 1.29 is 43.1 Å². The molecule has 2 N–H and O–H groups in total. The summed E-state index contributed by atoms with van der Waals surface area (Å²) in [5.74, 6) is -0.654. The number of ether oxygens (including phenoxy) is 6. The molecule has 1 aliphatic rings. The predicted octanol–water partition coefficient (Wildman–Crippen LogP) is 3.29. The van der Waals surface area contributed by atoms with Crippen molar-refractivity contribution in [1.29, 1.82) is 0 Å². The van der Waals surface area contributed by atoms with Gasteiger partial charge < -0.3 is 38.8 Å². The van der Waals surface area contributed by atoms with Crippen molar-refractivity contribution in [2.75, 3.05) is 26.4 Å². The number of esters is 1. The van der Waals surface area contributed by atoms with Crippen LogP contribution in [-0.4, -0.2) is 84.1 Å². The Kier molecular flexibility index (Phi) is 13.4. The van der Waals surface area contributed by atoms with Gasteiger partial charge in [-0.05, 0) is 19.4 Å². The van der Waals surface area contributed by atoms with E-state index in [2.05, 4.69) is 11.9 Å². The maximum absolute atomic E-state index is 12.5. The average molecular weight is 585 g/mol. The molecule has 208 valence electrons. The number of hydrogen-bond acceptors (Lipinski definition) is 9. The highest BCUT2D eigenvalue weighted by molar-refractivity contribution is 6.67. The van der Waals surface area contributed by atoms with Gasteiger partial charge in [0.1, 0.15) is 31.0 Å². The Hall–Kier alpha value is -1.63. The summed E-state index contributed by atoms with van der Waals surface area (Å²) in [5.41, 5.74) is 0.923. The fourth-order valence-electron chi connectivity index (χ4n) is 3.42. The Morgan fingerprint density at radius 2 is 1.95 bits per heavy atom. The van der Waals surface area contributed by atoms with Gasteiger partial charge in [0.05, 0.1) is 26.4 Å². The molecular formula is C24H32Cl3NO9. The van der Waals surface area contributed by atoms with E-state index < -0.39 is 59.2 Å². The van der Waals surface area contributed by atoms with Crippen LogP contribution in [0.3, 0.4) is 0 Å². The summed E-state index contributed by atoms with van der Waals surface area (Å²) in [4.78, 5) is 24.7. The molecule has 10 nitrogen and oxygen atoms in total. The fraction of sp³-hybridized carbons (Fsp3) is 0.583. The molecule has 1 heterocycles. The molecule has 1 unspecified atom stereocenters. The van der Waals surface area contributed by atoms with Crippen LogP contribution in [0.2, 0.25) is 0 Å². The van der Waals surface area contributed by atoms with Crippen molar-refractivity contribution in [3.63, 3.8) is 0 Å². The number of amides is 1. The van der Waals surface area contributed by atoms with Crippen LogP contribution in [0, 0.1) is 0 Å². The second kappa shape index (κ2) is 15.7. The van der Waals surface area contributed by atoms with Gasteiger partial charge in [-0.15, -0.1) is 6.58 Å². The number of aliphatic hydroxyl groups excluding tert-OH is 1. The molecule has 6 atom stereocenters. The lowest BCUT2D eigenvalue weighted by Crippen LogP contribution is -2.66. The average Bonchev–Trinajstić information content (AvgIpc) is 2.85. The van der Waals surface area contributed by atoms with Gasteiger partial charge in [0.15, 0.2) is 12.4 Å². The van der Waals surface area contributed by atoms with E-state index in [-0.39, 0.29) is 26.4 Å². The smallest absolute Gasteiger partial charge is 0.407 e. The Bertz CT molecular complexity index is 856. The first-order valence-electron chi connectivity index (χ1n) is 11.6. The van der Waals surface area contributed by atoms with Crippen LogP contribution < -0.4 is 5.32 Å². The second-order valence-corrected chi connectivity index (χ2v) is 10.5. The first kappa shape index (κ1) is 31.6. The van der Waals surface area contributed by atoms with Crippen molar-refractivity contribution in [1.82, 2.24) is 5.32 Å². The minimum Gasteiger partial charge on any atom is -0.464 e. The normalized spacial score (nSPS) is 24.6. The standard InChI is InChI=1S/C24H32Cl3NO9/c1-4-11-34-22-18(28-23(31)35-14-24(25,26)27)20(36-15(3)21(30)33-5-2)19(29)17(37-22)13-32-12-16-9-7-6-8-10-16/h4,6-10,15,17-20,22,29H,1,5,11-14H2,2-3H3,(H,28,31)/t15?,17-,18-,19-,20-,22+/m1/s1. The highest BCUT2D eigenvalue weighted by Gasteiger charge is 2.49. The number of nitrogens with one attached hydrogen (secondary N) is 1. The maximum Gasteiger partial charge on any atom is 0.407 e. The molecule has 0 bridgehead atoms. The monoisotopic (exact) mass is 583 g/mol. The number of benzene rings is 1. The Morgan fingerprint density at radius 3 is 2.57 bits per heavy atom. The summed E-state index contributed by atoms with van der Waals surface area (Å²) < 4.78 is 31.4. The molecule has 1 fully saturated rings. The SMILES string of the molecule is C=CCO[C@H]1O[C@H](COCc2ccccc2)[C@@H](O)[C@H](OC(C)C(=O)OCC)[C@H]1NC(=O)OCC(Cl)(Cl)Cl. The Balaban J connectivity index is 2.22. The van der Waals surface area contributed by atoms with E-state index in [0.29, 0.717) is 0 Å². The lowest BCUT2D eigenvalue weighted by atomic mass is 9.96. The molecule has 37 heavy (non-hydrogen) atoms. The number of rotatable bonds is 13. The third-order valence-electron chi connectivity index (χ3n) is 5.08. The van der Waals surface area contributed by atoms with Gasteiger partial charge in [-0.3, -0.25) is 0 Å². The van der Waals surface area contributed by atoms with E-state index >= 15 is 0 Å². The predicted molar refractivity (Wildman–Crippen MR) is 136 cm³/mol. The molecular weight excluding hydrogens is 553 g/mol. The quantitative estimate of drug-likeness (QED) is 0.204. The van der Waals surface area contributed by atoms with Crippen molar-refractivity contribution in [3.8, 4) is 0 Å². The largest absolute Gasteiger partial charge is 0.464 e. The molecule has 0 spiro atoms. The van der Waals surface area contributed by atoms with Gasteiger partial charge in [0.25, 0.3) is 0 Å². The minimum atomic E-state index is -1.84. The van der Waals surface area contributed by atoms with E-state index in [1.165, 1.54) is 13.0 Å². The number of carbonyl (C=O) groups is 2. The van der Waals surface area contributed by atoms with Gasteiger partial charge in [0.2, 0.25) is 3.79 Å². The zero-order valence-electron chi connectivity index (χ0n) is 20.5. The third kappa shape index (κ3) is 10.9.